The van der Waals surface area contributed by atoms with Gasteiger partial charge in [-0.25, -0.2) is 4.39 Å². The SMILES string of the molecule is Cc1cc(NC(=O)C(C)N)nn1CCCOc1ccc(F)cc1.Cl. The summed E-state index contributed by atoms with van der Waals surface area (Å²) in [6, 6.07) is 7.12. The Hall–Kier alpha value is -2.12. The average Bonchev–Trinajstić information content (AvgIpc) is 2.85. The molecule has 0 saturated carbocycles. The first-order valence-electron chi connectivity index (χ1n) is 7.45. The van der Waals surface area contributed by atoms with Crippen LogP contribution in [-0.4, -0.2) is 28.3 Å². The van der Waals surface area contributed by atoms with Crippen LogP contribution in [0.5, 0.6) is 5.75 Å². The second-order valence-electron chi connectivity index (χ2n) is 5.33. The molecular weight excluding hydrogens is 335 g/mol. The minimum absolute atomic E-state index is 0. The van der Waals surface area contributed by atoms with E-state index in [1.54, 1.807) is 29.8 Å². The predicted octanol–water partition coefficient (Wildman–Crippen LogP) is 2.51. The van der Waals surface area contributed by atoms with E-state index < -0.39 is 6.04 Å². The molecule has 8 heteroatoms. The summed E-state index contributed by atoms with van der Waals surface area (Å²) in [5, 5.41) is 6.97. The quantitative estimate of drug-likeness (QED) is 0.747. The number of ether oxygens (including phenoxy) is 1. The zero-order chi connectivity index (χ0) is 16.8. The average molecular weight is 357 g/mol. The number of rotatable bonds is 7. The zero-order valence-electron chi connectivity index (χ0n) is 13.7. The van der Waals surface area contributed by atoms with Gasteiger partial charge in [-0.1, -0.05) is 0 Å². The van der Waals surface area contributed by atoms with Crippen LogP contribution >= 0.6 is 12.4 Å². The Balaban J connectivity index is 0.00000288. The van der Waals surface area contributed by atoms with Crippen molar-refractivity contribution in [1.29, 1.82) is 0 Å². The molecule has 0 fully saturated rings. The smallest absolute Gasteiger partial charge is 0.242 e. The van der Waals surface area contributed by atoms with Crippen LogP contribution in [-0.2, 0) is 11.3 Å². The first kappa shape index (κ1) is 19.9. The predicted molar refractivity (Wildman–Crippen MR) is 93.0 cm³/mol. The van der Waals surface area contributed by atoms with E-state index in [0.29, 0.717) is 24.7 Å². The van der Waals surface area contributed by atoms with E-state index in [1.165, 1.54) is 12.1 Å². The van der Waals surface area contributed by atoms with Crippen molar-refractivity contribution in [3.63, 3.8) is 0 Å². The van der Waals surface area contributed by atoms with Gasteiger partial charge in [0.1, 0.15) is 11.6 Å². The Labute approximate surface area is 146 Å². The number of nitrogens with zero attached hydrogens (tertiary/aromatic N) is 2. The van der Waals surface area contributed by atoms with Crippen molar-refractivity contribution in [2.75, 3.05) is 11.9 Å². The van der Waals surface area contributed by atoms with Crippen LogP contribution in [0.15, 0.2) is 30.3 Å². The van der Waals surface area contributed by atoms with Gasteiger partial charge < -0.3 is 15.8 Å². The maximum absolute atomic E-state index is 12.8. The molecule has 24 heavy (non-hydrogen) atoms. The lowest BCUT2D eigenvalue weighted by Gasteiger charge is -2.07. The molecule has 0 aliphatic carbocycles. The molecule has 1 aromatic carbocycles. The summed E-state index contributed by atoms with van der Waals surface area (Å²) in [4.78, 5) is 11.5. The van der Waals surface area contributed by atoms with Gasteiger partial charge in [0.25, 0.3) is 0 Å². The van der Waals surface area contributed by atoms with Crippen LogP contribution in [0.3, 0.4) is 0 Å². The van der Waals surface area contributed by atoms with Gasteiger partial charge in [0, 0.05) is 24.7 Å². The maximum Gasteiger partial charge on any atom is 0.242 e. The molecule has 1 atom stereocenters. The highest BCUT2D eigenvalue weighted by atomic mass is 35.5. The van der Waals surface area contributed by atoms with E-state index >= 15 is 0 Å². The van der Waals surface area contributed by atoms with Gasteiger partial charge in [0.2, 0.25) is 5.91 Å². The Morgan fingerprint density at radius 3 is 2.71 bits per heavy atom. The number of nitrogens with two attached hydrogens (primary N) is 1. The fourth-order valence-corrected chi connectivity index (χ4v) is 1.97. The monoisotopic (exact) mass is 356 g/mol. The third-order valence-electron chi connectivity index (χ3n) is 3.24. The number of amides is 1. The molecule has 1 aromatic heterocycles. The fourth-order valence-electron chi connectivity index (χ4n) is 1.97. The molecule has 0 spiro atoms. The van der Waals surface area contributed by atoms with Crippen LogP contribution in [0.4, 0.5) is 10.2 Å². The Bertz CT molecular complexity index is 659. The molecule has 3 N–H and O–H groups in total. The number of halogens is 2. The van der Waals surface area contributed by atoms with E-state index in [-0.39, 0.29) is 24.1 Å². The topological polar surface area (TPSA) is 82.2 Å². The zero-order valence-corrected chi connectivity index (χ0v) is 14.5. The standard InChI is InChI=1S/C16H21FN4O2.ClH/c1-11-10-15(19-16(22)12(2)18)20-21(11)8-3-9-23-14-6-4-13(17)5-7-14;/h4-7,10,12H,3,8-9,18H2,1-2H3,(H,19,20,22);1H. The number of benzene rings is 1. The summed E-state index contributed by atoms with van der Waals surface area (Å²) in [6.07, 6.45) is 0.737. The van der Waals surface area contributed by atoms with Crippen molar-refractivity contribution in [2.24, 2.45) is 5.73 Å². The van der Waals surface area contributed by atoms with E-state index in [0.717, 1.165) is 12.1 Å². The van der Waals surface area contributed by atoms with Crippen molar-refractivity contribution in [3.8, 4) is 5.75 Å². The molecule has 1 amide bonds. The van der Waals surface area contributed by atoms with Crippen LogP contribution in [0.25, 0.3) is 0 Å². The molecule has 0 saturated heterocycles. The van der Waals surface area contributed by atoms with Crippen molar-refractivity contribution in [3.05, 3.63) is 41.8 Å². The number of anilines is 1. The largest absolute Gasteiger partial charge is 0.494 e. The van der Waals surface area contributed by atoms with Gasteiger partial charge >= 0.3 is 0 Å². The van der Waals surface area contributed by atoms with Gasteiger partial charge in [-0.2, -0.15) is 5.10 Å². The lowest BCUT2D eigenvalue weighted by atomic mass is 10.3. The normalized spacial score (nSPS) is 11.5. The highest BCUT2D eigenvalue weighted by Crippen LogP contribution is 2.12. The third kappa shape index (κ3) is 5.82. The Morgan fingerprint density at radius 1 is 1.42 bits per heavy atom. The molecule has 6 nitrogen and oxygen atoms in total. The minimum atomic E-state index is -0.579. The van der Waals surface area contributed by atoms with Gasteiger partial charge in [-0.15, -0.1) is 12.4 Å². The first-order valence-corrected chi connectivity index (χ1v) is 7.45. The highest BCUT2D eigenvalue weighted by molar-refractivity contribution is 5.93. The molecule has 2 rings (SSSR count). The number of hydrogen-bond acceptors (Lipinski definition) is 4. The summed E-state index contributed by atoms with van der Waals surface area (Å²) < 4.78 is 20.1. The van der Waals surface area contributed by atoms with Gasteiger partial charge in [-0.05, 0) is 38.1 Å². The highest BCUT2D eigenvalue weighted by Gasteiger charge is 2.11. The van der Waals surface area contributed by atoms with Crippen molar-refractivity contribution >= 4 is 24.1 Å². The molecule has 1 unspecified atom stereocenters. The van der Waals surface area contributed by atoms with Crippen LogP contribution in [0.2, 0.25) is 0 Å². The molecule has 0 aliphatic rings. The van der Waals surface area contributed by atoms with Crippen molar-refractivity contribution in [1.82, 2.24) is 9.78 Å². The fraction of sp³-hybridized carbons (Fsp3) is 0.375. The molecule has 1 heterocycles. The molecule has 0 radical (unpaired) electrons. The Kier molecular flexibility index (Phi) is 7.67. The summed E-state index contributed by atoms with van der Waals surface area (Å²) in [5.41, 5.74) is 6.44. The number of nitrogens with one attached hydrogen (secondary N) is 1. The van der Waals surface area contributed by atoms with Gasteiger partial charge in [0.15, 0.2) is 5.82 Å². The lowest BCUT2D eigenvalue weighted by molar-refractivity contribution is -0.117. The van der Waals surface area contributed by atoms with E-state index in [2.05, 4.69) is 10.4 Å². The Morgan fingerprint density at radius 2 is 2.08 bits per heavy atom. The van der Waals surface area contributed by atoms with E-state index in [1.807, 2.05) is 6.92 Å². The minimum Gasteiger partial charge on any atom is -0.494 e. The maximum atomic E-state index is 12.8. The first-order chi connectivity index (χ1) is 11.0. The van der Waals surface area contributed by atoms with Crippen LogP contribution in [0, 0.1) is 12.7 Å². The van der Waals surface area contributed by atoms with E-state index in [4.69, 9.17) is 10.5 Å². The second kappa shape index (κ2) is 9.24. The van der Waals surface area contributed by atoms with Gasteiger partial charge in [-0.3, -0.25) is 9.48 Å². The molecule has 0 aliphatic heterocycles. The third-order valence-corrected chi connectivity index (χ3v) is 3.24. The van der Waals surface area contributed by atoms with E-state index in [9.17, 15) is 9.18 Å². The number of carbonyl (C=O) groups is 1. The molecule has 132 valence electrons. The number of aryl methyl sites for hydroxylation is 2. The number of aromatic nitrogens is 2. The summed E-state index contributed by atoms with van der Waals surface area (Å²) >= 11 is 0. The van der Waals surface area contributed by atoms with Crippen molar-refractivity contribution in [2.45, 2.75) is 32.9 Å². The molecule has 0 bridgehead atoms. The molecule has 2 aromatic rings. The summed E-state index contributed by atoms with van der Waals surface area (Å²) in [6.45, 7) is 4.68. The molecular formula is C16H22ClFN4O2. The summed E-state index contributed by atoms with van der Waals surface area (Å²) in [5.74, 6) is 0.568. The number of hydrogen-bond donors (Lipinski definition) is 2. The number of carbonyl (C=O) groups excluding carboxylic acids is 1. The second-order valence-corrected chi connectivity index (χ2v) is 5.33. The van der Waals surface area contributed by atoms with Crippen molar-refractivity contribution < 1.29 is 13.9 Å². The summed E-state index contributed by atoms with van der Waals surface area (Å²) in [7, 11) is 0. The van der Waals surface area contributed by atoms with Crippen LogP contribution < -0.4 is 15.8 Å². The van der Waals surface area contributed by atoms with Gasteiger partial charge in [0.05, 0.1) is 12.6 Å². The lowest BCUT2D eigenvalue weighted by Crippen LogP contribution is -2.32. The van der Waals surface area contributed by atoms with Crippen LogP contribution in [0.1, 0.15) is 19.0 Å².